The van der Waals surface area contributed by atoms with E-state index in [1.165, 1.54) is 11.3 Å². The summed E-state index contributed by atoms with van der Waals surface area (Å²) < 4.78 is 2.17. The van der Waals surface area contributed by atoms with Gasteiger partial charge in [-0.15, -0.1) is 11.3 Å². The normalized spacial score (nSPS) is 11.1. The van der Waals surface area contributed by atoms with Crippen LogP contribution in [-0.4, -0.2) is 32.0 Å². The monoisotopic (exact) mass is 383 g/mol. The highest BCUT2D eigenvalue weighted by Gasteiger charge is 2.21. The van der Waals surface area contributed by atoms with Crippen molar-refractivity contribution in [2.45, 2.75) is 46.6 Å². The summed E-state index contributed by atoms with van der Waals surface area (Å²) in [5.41, 5.74) is 4.23. The molecule has 0 bridgehead atoms. The Morgan fingerprint density at radius 3 is 2.78 bits per heavy atom. The molecule has 0 unspecified atom stereocenters. The van der Waals surface area contributed by atoms with Crippen LogP contribution >= 0.6 is 11.3 Å². The molecule has 0 fully saturated rings. The molecule has 3 heterocycles. The quantitative estimate of drug-likeness (QED) is 0.610. The van der Waals surface area contributed by atoms with Gasteiger partial charge in [-0.3, -0.25) is 14.8 Å². The highest BCUT2D eigenvalue weighted by molar-refractivity contribution is 7.13. The van der Waals surface area contributed by atoms with Crippen molar-refractivity contribution in [3.05, 3.63) is 41.3 Å². The number of amides is 1. The third-order valence-electron chi connectivity index (χ3n) is 4.42. The largest absolute Gasteiger partial charge is 0.352 e. The van der Waals surface area contributed by atoms with Crippen molar-refractivity contribution < 1.29 is 4.79 Å². The van der Waals surface area contributed by atoms with Crippen LogP contribution in [0.4, 0.5) is 0 Å². The lowest BCUT2D eigenvalue weighted by Gasteiger charge is -2.14. The van der Waals surface area contributed by atoms with E-state index in [2.05, 4.69) is 40.6 Å². The molecule has 3 aromatic heterocycles. The Balaban J connectivity index is 1.97. The van der Waals surface area contributed by atoms with Crippen molar-refractivity contribution in [2.75, 3.05) is 6.54 Å². The summed E-state index contributed by atoms with van der Waals surface area (Å²) in [5.74, 6) is -0.0222. The highest BCUT2D eigenvalue weighted by Crippen LogP contribution is 2.32. The zero-order chi connectivity index (χ0) is 19.4. The van der Waals surface area contributed by atoms with Crippen molar-refractivity contribution in [1.82, 2.24) is 24.8 Å². The first kappa shape index (κ1) is 19.2. The molecule has 0 radical (unpaired) electrons. The van der Waals surface area contributed by atoms with Crippen LogP contribution in [0.2, 0.25) is 0 Å². The number of rotatable bonds is 7. The SMILES string of the molecule is CCCCNC(=O)c1cc(-c2csc(-c3cnccn3)n2)n(C(C)C)c1C. The summed E-state index contributed by atoms with van der Waals surface area (Å²) in [6.45, 7) is 9.04. The topological polar surface area (TPSA) is 72.7 Å². The van der Waals surface area contributed by atoms with Crippen molar-refractivity contribution in [2.24, 2.45) is 0 Å². The molecule has 1 N–H and O–H groups in total. The van der Waals surface area contributed by atoms with E-state index in [4.69, 9.17) is 4.98 Å². The van der Waals surface area contributed by atoms with Gasteiger partial charge in [0.2, 0.25) is 0 Å². The maximum absolute atomic E-state index is 12.6. The van der Waals surface area contributed by atoms with Crippen molar-refractivity contribution >= 4 is 17.2 Å². The van der Waals surface area contributed by atoms with Crippen LogP contribution in [0, 0.1) is 6.92 Å². The Labute approximate surface area is 163 Å². The first-order chi connectivity index (χ1) is 13.0. The molecule has 0 aliphatic heterocycles. The van der Waals surface area contributed by atoms with E-state index >= 15 is 0 Å². The van der Waals surface area contributed by atoms with Crippen LogP contribution in [0.5, 0.6) is 0 Å². The van der Waals surface area contributed by atoms with Gasteiger partial charge in [0.15, 0.2) is 0 Å². The summed E-state index contributed by atoms with van der Waals surface area (Å²) in [6.07, 6.45) is 7.06. The van der Waals surface area contributed by atoms with Gasteiger partial charge < -0.3 is 9.88 Å². The molecule has 0 saturated heterocycles. The smallest absolute Gasteiger partial charge is 0.253 e. The second-order valence-corrected chi connectivity index (χ2v) is 7.59. The van der Waals surface area contributed by atoms with Gasteiger partial charge in [-0.2, -0.15) is 0 Å². The average Bonchev–Trinajstić information content (AvgIpc) is 3.27. The molecule has 0 aliphatic carbocycles. The lowest BCUT2D eigenvalue weighted by atomic mass is 10.2. The molecule has 7 heteroatoms. The minimum atomic E-state index is -0.0222. The molecule has 0 aliphatic rings. The third kappa shape index (κ3) is 4.08. The van der Waals surface area contributed by atoms with Crippen molar-refractivity contribution in [1.29, 1.82) is 0 Å². The van der Waals surface area contributed by atoms with Gasteiger partial charge >= 0.3 is 0 Å². The van der Waals surface area contributed by atoms with Crippen LogP contribution in [0.15, 0.2) is 30.0 Å². The van der Waals surface area contributed by atoms with Crippen molar-refractivity contribution in [3.8, 4) is 22.1 Å². The molecular formula is C20H25N5OS. The zero-order valence-electron chi connectivity index (χ0n) is 16.2. The zero-order valence-corrected chi connectivity index (χ0v) is 17.0. The predicted octanol–water partition coefficient (Wildman–Crippen LogP) is 4.49. The van der Waals surface area contributed by atoms with E-state index in [-0.39, 0.29) is 11.9 Å². The fourth-order valence-electron chi connectivity index (χ4n) is 3.11. The van der Waals surface area contributed by atoms with Gasteiger partial charge in [0.1, 0.15) is 10.7 Å². The Morgan fingerprint density at radius 2 is 2.11 bits per heavy atom. The van der Waals surface area contributed by atoms with E-state index in [9.17, 15) is 4.79 Å². The maximum atomic E-state index is 12.6. The molecule has 0 spiro atoms. The minimum absolute atomic E-state index is 0.0222. The first-order valence-electron chi connectivity index (χ1n) is 9.25. The summed E-state index contributed by atoms with van der Waals surface area (Å²) >= 11 is 1.53. The lowest BCUT2D eigenvalue weighted by Crippen LogP contribution is -2.24. The summed E-state index contributed by atoms with van der Waals surface area (Å²) in [4.78, 5) is 25.8. The molecule has 142 valence electrons. The molecular weight excluding hydrogens is 358 g/mol. The second kappa shape index (κ2) is 8.43. The lowest BCUT2D eigenvalue weighted by molar-refractivity contribution is 0.0952. The number of carbonyl (C=O) groups is 1. The molecule has 6 nitrogen and oxygen atoms in total. The number of unbranched alkanes of at least 4 members (excludes halogenated alkanes) is 1. The molecule has 3 rings (SSSR count). The van der Waals surface area contributed by atoms with Crippen LogP contribution in [0.25, 0.3) is 22.1 Å². The number of aromatic nitrogens is 4. The van der Waals surface area contributed by atoms with Crippen LogP contribution < -0.4 is 5.32 Å². The Kier molecular flexibility index (Phi) is 6.01. The molecule has 1 amide bonds. The van der Waals surface area contributed by atoms with E-state index in [1.807, 2.05) is 18.4 Å². The molecule has 0 aromatic carbocycles. The Bertz CT molecular complexity index is 914. The number of thiazole rings is 1. The highest BCUT2D eigenvalue weighted by atomic mass is 32.1. The van der Waals surface area contributed by atoms with E-state index in [0.717, 1.165) is 40.6 Å². The minimum Gasteiger partial charge on any atom is -0.352 e. The van der Waals surface area contributed by atoms with Crippen LogP contribution in [0.3, 0.4) is 0 Å². The molecule has 27 heavy (non-hydrogen) atoms. The number of hydrogen-bond donors (Lipinski definition) is 1. The van der Waals surface area contributed by atoms with Gasteiger partial charge in [0.25, 0.3) is 5.91 Å². The van der Waals surface area contributed by atoms with Gasteiger partial charge in [-0.05, 0) is 33.3 Å². The summed E-state index contributed by atoms with van der Waals surface area (Å²) in [6, 6.07) is 2.17. The Morgan fingerprint density at radius 1 is 1.30 bits per heavy atom. The van der Waals surface area contributed by atoms with Gasteiger partial charge in [-0.1, -0.05) is 13.3 Å². The fraction of sp³-hybridized carbons (Fsp3) is 0.400. The molecule has 3 aromatic rings. The summed E-state index contributed by atoms with van der Waals surface area (Å²) in [5, 5.41) is 5.85. The molecule has 0 saturated carbocycles. The number of hydrogen-bond acceptors (Lipinski definition) is 5. The predicted molar refractivity (Wildman–Crippen MR) is 109 cm³/mol. The van der Waals surface area contributed by atoms with Crippen LogP contribution in [0.1, 0.15) is 55.7 Å². The van der Waals surface area contributed by atoms with Gasteiger partial charge in [0.05, 0.1) is 23.1 Å². The Hall–Kier alpha value is -2.54. The average molecular weight is 384 g/mol. The van der Waals surface area contributed by atoms with Gasteiger partial charge in [0, 0.05) is 36.1 Å². The van der Waals surface area contributed by atoms with Crippen molar-refractivity contribution in [3.63, 3.8) is 0 Å². The number of carbonyl (C=O) groups excluding carboxylic acids is 1. The summed E-state index contributed by atoms with van der Waals surface area (Å²) in [7, 11) is 0. The molecule has 0 atom stereocenters. The third-order valence-corrected chi connectivity index (χ3v) is 5.28. The second-order valence-electron chi connectivity index (χ2n) is 6.73. The standard InChI is InChI=1S/C20H25N5OS/c1-5-6-7-23-19(26)15-10-18(25(13(2)3)14(15)4)17-12-27-20(24-17)16-11-21-8-9-22-16/h8-13H,5-7H2,1-4H3,(H,23,26). The van der Waals surface area contributed by atoms with E-state index < -0.39 is 0 Å². The van der Waals surface area contributed by atoms with E-state index in [1.54, 1.807) is 18.6 Å². The fourth-order valence-corrected chi connectivity index (χ4v) is 3.88. The van der Waals surface area contributed by atoms with Crippen LogP contribution in [-0.2, 0) is 0 Å². The van der Waals surface area contributed by atoms with Gasteiger partial charge in [-0.25, -0.2) is 4.98 Å². The van der Waals surface area contributed by atoms with E-state index in [0.29, 0.717) is 12.1 Å². The number of nitrogens with zero attached hydrogens (tertiary/aromatic N) is 4. The first-order valence-corrected chi connectivity index (χ1v) is 10.1. The number of nitrogens with one attached hydrogen (secondary N) is 1. The maximum Gasteiger partial charge on any atom is 0.253 e.